The minimum atomic E-state index is -5.19. The van der Waals surface area contributed by atoms with Crippen LogP contribution in [0.1, 0.15) is 24.5 Å². The van der Waals surface area contributed by atoms with Gasteiger partial charge in [-0.1, -0.05) is 11.3 Å². The Hall–Kier alpha value is -3.06. The molecule has 0 unspecified atom stereocenters. The summed E-state index contributed by atoms with van der Waals surface area (Å²) in [7, 11) is 1.26. The second-order valence-electron chi connectivity index (χ2n) is 7.49. The number of carbonyl (C=O) groups is 1. The number of ether oxygens (including phenoxy) is 1. The molecular weight excluding hydrogens is 452 g/mol. The number of alkyl halides is 3. The smallest absolute Gasteiger partial charge is 0.400 e. The molecule has 5 rings (SSSR count). The van der Waals surface area contributed by atoms with Gasteiger partial charge in [0.25, 0.3) is 0 Å². The van der Waals surface area contributed by atoms with E-state index in [4.69, 9.17) is 0 Å². The van der Waals surface area contributed by atoms with E-state index in [1.807, 2.05) is 6.20 Å². The van der Waals surface area contributed by atoms with Gasteiger partial charge in [-0.3, -0.25) is 0 Å². The molecule has 1 saturated heterocycles. The van der Waals surface area contributed by atoms with Crippen LogP contribution >= 0.6 is 11.3 Å². The monoisotopic (exact) mass is 468 g/mol. The predicted octanol–water partition coefficient (Wildman–Crippen LogP) is 3.42. The van der Waals surface area contributed by atoms with Crippen LogP contribution in [0.4, 0.5) is 17.6 Å². The Morgan fingerprint density at radius 2 is 2.00 bits per heavy atom. The molecule has 0 aliphatic carbocycles. The van der Waals surface area contributed by atoms with Gasteiger partial charge in [0.15, 0.2) is 5.82 Å². The molecule has 4 heterocycles. The Morgan fingerprint density at radius 1 is 1.25 bits per heavy atom. The van der Waals surface area contributed by atoms with Gasteiger partial charge in [0.1, 0.15) is 10.5 Å². The zero-order chi connectivity index (χ0) is 22.6. The molecule has 1 N–H and O–H groups in total. The number of esters is 1. The van der Waals surface area contributed by atoms with E-state index in [2.05, 4.69) is 25.2 Å². The van der Waals surface area contributed by atoms with E-state index >= 15 is 0 Å². The summed E-state index contributed by atoms with van der Waals surface area (Å²) in [4.78, 5) is 16.6. The molecular formula is C19H16F4N6O2S. The van der Waals surface area contributed by atoms with E-state index in [-0.39, 0.29) is 10.9 Å². The number of imidazole rings is 1. The molecule has 32 heavy (non-hydrogen) atoms. The minimum Gasteiger partial charge on any atom is -0.400 e. The molecule has 0 spiro atoms. The summed E-state index contributed by atoms with van der Waals surface area (Å²) in [5.41, 5.74) is 1.05. The average Bonchev–Trinajstić information content (AvgIpc) is 3.40. The van der Waals surface area contributed by atoms with Crippen LogP contribution in [0, 0.1) is 5.82 Å². The Bertz CT molecular complexity index is 1300. The molecule has 168 valence electrons. The number of nitrogens with zero attached hydrogens (tertiary/aromatic N) is 5. The molecule has 0 saturated carbocycles. The second kappa shape index (κ2) is 7.52. The molecule has 0 atom stereocenters. The van der Waals surface area contributed by atoms with Gasteiger partial charge in [-0.25, -0.2) is 23.4 Å². The average molecular weight is 468 g/mol. The second-order valence-corrected chi connectivity index (χ2v) is 8.45. The van der Waals surface area contributed by atoms with Crippen LogP contribution in [0.15, 0.2) is 18.3 Å². The van der Waals surface area contributed by atoms with Crippen LogP contribution in [0.5, 0.6) is 5.88 Å². The van der Waals surface area contributed by atoms with Crippen LogP contribution in [-0.4, -0.2) is 49.6 Å². The fourth-order valence-corrected chi connectivity index (χ4v) is 4.65. The number of carbonyl (C=O) groups excluding carboxylic acids is 1. The van der Waals surface area contributed by atoms with Gasteiger partial charge in [0.05, 0.1) is 17.3 Å². The van der Waals surface area contributed by atoms with Crippen LogP contribution in [0.3, 0.4) is 0 Å². The highest BCUT2D eigenvalue weighted by atomic mass is 32.1. The number of halogens is 4. The van der Waals surface area contributed by atoms with Gasteiger partial charge >= 0.3 is 12.1 Å². The standard InChI is InChI=1S/C19H16F4N6O2S/c1-28-16(31-17(30)19(21,22)23)11-6-10(7-12(20)14(11)26-28)15-27-29-8-13(25-18(29)32-15)9-2-4-24-5-3-9/h6-9,24H,2-5H2,1H3. The summed E-state index contributed by atoms with van der Waals surface area (Å²) >= 11 is 1.23. The van der Waals surface area contributed by atoms with E-state index in [1.165, 1.54) is 30.5 Å². The number of hydrogen-bond donors (Lipinski definition) is 1. The summed E-state index contributed by atoms with van der Waals surface area (Å²) in [6.45, 7) is 1.86. The lowest BCUT2D eigenvalue weighted by Crippen LogP contribution is -2.28. The molecule has 1 aromatic carbocycles. The van der Waals surface area contributed by atoms with Gasteiger partial charge in [0, 0.05) is 18.5 Å². The van der Waals surface area contributed by atoms with Crippen molar-refractivity contribution in [2.45, 2.75) is 24.9 Å². The van der Waals surface area contributed by atoms with Gasteiger partial charge in [-0.2, -0.15) is 23.4 Å². The zero-order valence-corrected chi connectivity index (χ0v) is 17.4. The lowest BCUT2D eigenvalue weighted by Gasteiger charge is -2.20. The minimum absolute atomic E-state index is 0.0664. The number of piperidine rings is 1. The molecule has 1 aliphatic rings. The molecule has 4 aromatic rings. The largest absolute Gasteiger partial charge is 0.491 e. The third-order valence-electron chi connectivity index (χ3n) is 5.32. The summed E-state index contributed by atoms with van der Waals surface area (Å²) in [5.74, 6) is -3.33. The number of aromatic nitrogens is 5. The number of hydrogen-bond acceptors (Lipinski definition) is 7. The first-order chi connectivity index (χ1) is 15.2. The molecule has 8 nitrogen and oxygen atoms in total. The SMILES string of the molecule is Cn1nc2c(F)cc(-c3nn4cc(C5CCNCC5)nc4s3)cc2c1OC(=O)C(F)(F)F. The van der Waals surface area contributed by atoms with Crippen molar-refractivity contribution in [2.75, 3.05) is 13.1 Å². The van der Waals surface area contributed by atoms with Crippen LogP contribution in [0.2, 0.25) is 0 Å². The Balaban J connectivity index is 1.52. The van der Waals surface area contributed by atoms with Gasteiger partial charge in [-0.05, 0) is 38.1 Å². The summed E-state index contributed by atoms with van der Waals surface area (Å²) in [6.07, 6.45) is -1.37. The maximum absolute atomic E-state index is 14.7. The quantitative estimate of drug-likeness (QED) is 0.366. The number of benzene rings is 1. The van der Waals surface area contributed by atoms with Gasteiger partial charge < -0.3 is 10.1 Å². The lowest BCUT2D eigenvalue weighted by atomic mass is 9.95. The lowest BCUT2D eigenvalue weighted by molar-refractivity contribution is -0.190. The van der Waals surface area contributed by atoms with Gasteiger partial charge in [-0.15, -0.1) is 0 Å². The topological polar surface area (TPSA) is 86.3 Å². The predicted molar refractivity (Wildman–Crippen MR) is 107 cm³/mol. The summed E-state index contributed by atoms with van der Waals surface area (Å²) < 4.78 is 59.6. The van der Waals surface area contributed by atoms with Crippen molar-refractivity contribution in [1.29, 1.82) is 0 Å². The third kappa shape index (κ3) is 3.60. The van der Waals surface area contributed by atoms with E-state index in [9.17, 15) is 22.4 Å². The highest BCUT2D eigenvalue weighted by Crippen LogP contribution is 2.35. The first-order valence-corrected chi connectivity index (χ1v) is 10.5. The molecule has 3 aromatic heterocycles. The van der Waals surface area contributed by atoms with Crippen molar-refractivity contribution in [3.63, 3.8) is 0 Å². The van der Waals surface area contributed by atoms with E-state index in [1.54, 1.807) is 4.52 Å². The number of rotatable bonds is 3. The van der Waals surface area contributed by atoms with Crippen molar-refractivity contribution in [3.8, 4) is 16.5 Å². The van der Waals surface area contributed by atoms with Crippen molar-refractivity contribution in [2.24, 2.45) is 7.05 Å². The first-order valence-electron chi connectivity index (χ1n) is 9.73. The number of nitrogens with one attached hydrogen (secondary N) is 1. The Labute approximate surface area is 181 Å². The molecule has 1 fully saturated rings. The Kier molecular flexibility index (Phi) is 4.89. The summed E-state index contributed by atoms with van der Waals surface area (Å²) in [5, 5.41) is 12.0. The Morgan fingerprint density at radius 3 is 2.69 bits per heavy atom. The van der Waals surface area contributed by atoms with Crippen molar-refractivity contribution < 1.29 is 27.1 Å². The third-order valence-corrected chi connectivity index (χ3v) is 6.30. The van der Waals surface area contributed by atoms with Gasteiger partial charge in [0.2, 0.25) is 10.8 Å². The maximum Gasteiger partial charge on any atom is 0.491 e. The van der Waals surface area contributed by atoms with Crippen molar-refractivity contribution in [3.05, 3.63) is 29.8 Å². The molecule has 1 aliphatic heterocycles. The molecule has 0 bridgehead atoms. The van der Waals surface area contributed by atoms with Crippen LogP contribution < -0.4 is 10.1 Å². The van der Waals surface area contributed by atoms with Crippen molar-refractivity contribution >= 4 is 33.2 Å². The molecule has 13 heteroatoms. The van der Waals surface area contributed by atoms with E-state index < -0.39 is 23.8 Å². The highest BCUT2D eigenvalue weighted by Gasteiger charge is 2.42. The fourth-order valence-electron chi connectivity index (χ4n) is 3.77. The van der Waals surface area contributed by atoms with Crippen LogP contribution in [0.25, 0.3) is 26.4 Å². The summed E-state index contributed by atoms with van der Waals surface area (Å²) in [6, 6.07) is 2.59. The maximum atomic E-state index is 14.7. The fraction of sp³-hybridized carbons (Fsp3) is 0.368. The van der Waals surface area contributed by atoms with E-state index in [0.29, 0.717) is 21.4 Å². The number of aryl methyl sites for hydroxylation is 1. The molecule has 0 radical (unpaired) electrons. The van der Waals surface area contributed by atoms with Crippen molar-refractivity contribution in [1.82, 2.24) is 29.7 Å². The molecule has 0 amide bonds. The first kappa shape index (κ1) is 20.8. The zero-order valence-electron chi connectivity index (χ0n) is 16.6. The normalized spacial score (nSPS) is 15.7. The van der Waals surface area contributed by atoms with Crippen LogP contribution in [-0.2, 0) is 11.8 Å². The highest BCUT2D eigenvalue weighted by molar-refractivity contribution is 7.19. The number of fused-ring (bicyclic) bond motifs is 2. The van der Waals surface area contributed by atoms with E-state index in [0.717, 1.165) is 36.3 Å².